The van der Waals surface area contributed by atoms with Gasteiger partial charge in [-0.2, -0.15) is 0 Å². The van der Waals surface area contributed by atoms with Crippen LogP contribution in [0.15, 0.2) is 18.2 Å². The van der Waals surface area contributed by atoms with E-state index in [2.05, 4.69) is 5.32 Å². The van der Waals surface area contributed by atoms with Gasteiger partial charge in [0.05, 0.1) is 5.69 Å². The van der Waals surface area contributed by atoms with E-state index < -0.39 is 11.6 Å². The molecule has 0 aliphatic carbocycles. The lowest BCUT2D eigenvalue weighted by Crippen LogP contribution is -2.46. The number of hydrogen-bond donors (Lipinski definition) is 1. The van der Waals surface area contributed by atoms with Crippen LogP contribution in [0.2, 0.25) is 0 Å². The van der Waals surface area contributed by atoms with E-state index in [-0.39, 0.29) is 17.8 Å². The largest absolute Gasteiger partial charge is 0.380 e. The maximum absolute atomic E-state index is 13.6. The molecule has 0 saturated carbocycles. The molecular weight excluding hydrogens is 264 g/mol. The number of carbonyl (C=O) groups is 1. The van der Waals surface area contributed by atoms with Crippen LogP contribution in [0.25, 0.3) is 0 Å². The van der Waals surface area contributed by atoms with E-state index in [9.17, 15) is 13.6 Å². The molecule has 1 fully saturated rings. The Labute approximate surface area is 117 Å². The number of likely N-dealkylation sites (tertiary alicyclic amines) is 1. The third-order valence-corrected chi connectivity index (χ3v) is 3.46. The lowest BCUT2D eigenvalue weighted by molar-refractivity contribution is 0.158. The molecule has 1 aromatic rings. The molecule has 1 N–H and O–H groups in total. The number of anilines is 1. The summed E-state index contributed by atoms with van der Waals surface area (Å²) in [6.45, 7) is 1.23. The number of nitrogens with one attached hydrogen (secondary N) is 1. The predicted octanol–water partition coefficient (Wildman–Crippen LogP) is 2.52. The van der Waals surface area contributed by atoms with E-state index in [4.69, 9.17) is 0 Å². The molecule has 0 aromatic heterocycles. The second-order valence-electron chi connectivity index (χ2n) is 5.18. The average Bonchev–Trinajstić information content (AvgIpc) is 2.44. The normalized spacial score (nSPS) is 16.1. The Morgan fingerprint density at radius 2 is 1.95 bits per heavy atom. The summed E-state index contributed by atoms with van der Waals surface area (Å²) in [7, 11) is 3.43. The van der Waals surface area contributed by atoms with Crippen molar-refractivity contribution in [2.45, 2.75) is 18.9 Å². The number of piperidine rings is 1. The van der Waals surface area contributed by atoms with Crippen molar-refractivity contribution >= 4 is 11.7 Å². The van der Waals surface area contributed by atoms with E-state index in [1.807, 2.05) is 0 Å². The Balaban J connectivity index is 1.92. The van der Waals surface area contributed by atoms with E-state index >= 15 is 0 Å². The second-order valence-corrected chi connectivity index (χ2v) is 5.18. The summed E-state index contributed by atoms with van der Waals surface area (Å²) in [5.74, 6) is -1.70. The first kappa shape index (κ1) is 14.6. The van der Waals surface area contributed by atoms with Crippen molar-refractivity contribution in [1.82, 2.24) is 9.80 Å². The van der Waals surface area contributed by atoms with E-state index in [0.717, 1.165) is 18.9 Å². The molecule has 0 radical (unpaired) electrons. The summed E-state index contributed by atoms with van der Waals surface area (Å²) in [4.78, 5) is 15.1. The van der Waals surface area contributed by atoms with Crippen LogP contribution in [0.1, 0.15) is 12.8 Å². The summed E-state index contributed by atoms with van der Waals surface area (Å²) < 4.78 is 26.7. The highest BCUT2D eigenvalue weighted by Gasteiger charge is 2.24. The van der Waals surface area contributed by atoms with Gasteiger partial charge in [0, 0.05) is 33.2 Å². The molecule has 0 bridgehead atoms. The van der Waals surface area contributed by atoms with Crippen molar-refractivity contribution in [3.8, 4) is 0 Å². The van der Waals surface area contributed by atoms with E-state index in [1.54, 1.807) is 23.9 Å². The fourth-order valence-electron chi connectivity index (χ4n) is 2.33. The van der Waals surface area contributed by atoms with Gasteiger partial charge in [-0.15, -0.1) is 0 Å². The number of amides is 2. The highest BCUT2D eigenvalue weighted by Crippen LogP contribution is 2.21. The molecule has 2 amide bonds. The number of benzene rings is 1. The Morgan fingerprint density at radius 1 is 1.30 bits per heavy atom. The minimum absolute atomic E-state index is 0.0135. The first-order valence-corrected chi connectivity index (χ1v) is 6.66. The number of rotatable bonds is 2. The van der Waals surface area contributed by atoms with Crippen molar-refractivity contribution in [1.29, 1.82) is 0 Å². The molecule has 6 heteroatoms. The van der Waals surface area contributed by atoms with E-state index in [0.29, 0.717) is 13.1 Å². The van der Waals surface area contributed by atoms with Gasteiger partial charge in [0.15, 0.2) is 11.6 Å². The summed E-state index contributed by atoms with van der Waals surface area (Å²) in [6, 6.07) is 4.14. The maximum Gasteiger partial charge on any atom is 0.319 e. The van der Waals surface area contributed by atoms with Crippen LogP contribution in [0.4, 0.5) is 19.3 Å². The quantitative estimate of drug-likeness (QED) is 0.905. The first-order chi connectivity index (χ1) is 9.49. The topological polar surface area (TPSA) is 35.6 Å². The summed E-state index contributed by atoms with van der Waals surface area (Å²) in [6.07, 6.45) is 1.44. The van der Waals surface area contributed by atoms with Crippen LogP contribution in [0.3, 0.4) is 0 Å². The van der Waals surface area contributed by atoms with Gasteiger partial charge in [-0.25, -0.2) is 13.6 Å². The minimum Gasteiger partial charge on any atom is -0.380 e. The van der Waals surface area contributed by atoms with Gasteiger partial charge in [0.2, 0.25) is 0 Å². The van der Waals surface area contributed by atoms with Gasteiger partial charge in [0.1, 0.15) is 0 Å². The Kier molecular flexibility index (Phi) is 4.42. The average molecular weight is 283 g/mol. The molecule has 1 aliphatic heterocycles. The first-order valence-electron chi connectivity index (χ1n) is 6.66. The van der Waals surface area contributed by atoms with Gasteiger partial charge in [-0.1, -0.05) is 6.07 Å². The number of hydrogen-bond acceptors (Lipinski definition) is 2. The molecule has 2 rings (SSSR count). The number of nitrogens with zero attached hydrogens (tertiary/aromatic N) is 2. The highest BCUT2D eigenvalue weighted by molar-refractivity contribution is 5.73. The van der Waals surface area contributed by atoms with Gasteiger partial charge < -0.3 is 15.1 Å². The zero-order chi connectivity index (χ0) is 14.7. The fourth-order valence-corrected chi connectivity index (χ4v) is 2.33. The molecule has 1 aliphatic rings. The van der Waals surface area contributed by atoms with Crippen LogP contribution in [0, 0.1) is 11.6 Å². The van der Waals surface area contributed by atoms with Crippen LogP contribution in [0.5, 0.6) is 0 Å². The third-order valence-electron chi connectivity index (χ3n) is 3.46. The third kappa shape index (κ3) is 3.18. The van der Waals surface area contributed by atoms with Crippen molar-refractivity contribution < 1.29 is 13.6 Å². The van der Waals surface area contributed by atoms with Crippen LogP contribution in [-0.4, -0.2) is 49.1 Å². The van der Waals surface area contributed by atoms with Crippen molar-refractivity contribution in [2.75, 3.05) is 32.5 Å². The zero-order valence-electron chi connectivity index (χ0n) is 11.7. The van der Waals surface area contributed by atoms with Crippen LogP contribution in [-0.2, 0) is 0 Å². The van der Waals surface area contributed by atoms with Gasteiger partial charge >= 0.3 is 6.03 Å². The van der Waals surface area contributed by atoms with Crippen molar-refractivity contribution in [3.63, 3.8) is 0 Å². The standard InChI is InChI=1S/C14H19F2N3O/c1-18(2)14(20)19-8-6-10(7-9-19)17-12-5-3-4-11(15)13(12)16/h3-5,10,17H,6-9H2,1-2H3. The Morgan fingerprint density at radius 3 is 2.55 bits per heavy atom. The SMILES string of the molecule is CN(C)C(=O)N1CCC(Nc2cccc(F)c2F)CC1. The van der Waals surface area contributed by atoms with Crippen LogP contribution >= 0.6 is 0 Å². The minimum atomic E-state index is -0.852. The van der Waals surface area contributed by atoms with Crippen molar-refractivity contribution in [2.24, 2.45) is 0 Å². The molecule has 4 nitrogen and oxygen atoms in total. The molecule has 110 valence electrons. The predicted molar refractivity (Wildman–Crippen MR) is 73.7 cm³/mol. The van der Waals surface area contributed by atoms with Gasteiger partial charge in [0.25, 0.3) is 0 Å². The monoisotopic (exact) mass is 283 g/mol. The molecule has 1 heterocycles. The smallest absolute Gasteiger partial charge is 0.319 e. The lowest BCUT2D eigenvalue weighted by Gasteiger charge is -2.34. The van der Waals surface area contributed by atoms with Crippen LogP contribution < -0.4 is 5.32 Å². The zero-order valence-corrected chi connectivity index (χ0v) is 11.7. The summed E-state index contributed by atoms with van der Waals surface area (Å²) in [5, 5.41) is 3.01. The highest BCUT2D eigenvalue weighted by atomic mass is 19.2. The molecule has 0 spiro atoms. The second kappa shape index (κ2) is 6.07. The summed E-state index contributed by atoms with van der Waals surface area (Å²) >= 11 is 0. The summed E-state index contributed by atoms with van der Waals surface area (Å²) in [5.41, 5.74) is 0.183. The molecule has 1 aromatic carbocycles. The van der Waals surface area contributed by atoms with E-state index in [1.165, 1.54) is 12.1 Å². The lowest BCUT2D eigenvalue weighted by atomic mass is 10.0. The number of halogens is 2. The molecular formula is C14H19F2N3O. The Hall–Kier alpha value is -1.85. The molecule has 20 heavy (non-hydrogen) atoms. The molecule has 1 saturated heterocycles. The molecule has 0 unspecified atom stereocenters. The number of carbonyl (C=O) groups excluding carboxylic acids is 1. The fraction of sp³-hybridized carbons (Fsp3) is 0.500. The Bertz CT molecular complexity index is 485. The molecule has 0 atom stereocenters. The number of urea groups is 1. The van der Waals surface area contributed by atoms with Gasteiger partial charge in [-0.05, 0) is 25.0 Å². The van der Waals surface area contributed by atoms with Gasteiger partial charge in [-0.3, -0.25) is 0 Å². The van der Waals surface area contributed by atoms with Crippen molar-refractivity contribution in [3.05, 3.63) is 29.8 Å². The maximum atomic E-state index is 13.6.